The molecule has 1 aliphatic heterocycles. The number of aryl methyl sites for hydroxylation is 1. The summed E-state index contributed by atoms with van der Waals surface area (Å²) in [6, 6.07) is 0. The Kier molecular flexibility index (Phi) is 4.04. The molecule has 1 aliphatic rings. The van der Waals surface area contributed by atoms with E-state index in [1.807, 2.05) is 6.92 Å². The van der Waals surface area contributed by atoms with Gasteiger partial charge in [-0.2, -0.15) is 0 Å². The first-order chi connectivity index (χ1) is 8.22. The zero-order valence-corrected chi connectivity index (χ0v) is 10.7. The van der Waals surface area contributed by atoms with Crippen LogP contribution in [0.5, 0.6) is 0 Å². The van der Waals surface area contributed by atoms with Crippen LogP contribution in [-0.4, -0.2) is 31.1 Å². The van der Waals surface area contributed by atoms with E-state index < -0.39 is 11.2 Å². The molecular formula is C11H17N3O2S. The molecule has 0 aromatic carbocycles. The molecule has 1 aromatic rings. The van der Waals surface area contributed by atoms with Crippen molar-refractivity contribution in [3.63, 3.8) is 0 Å². The second-order valence-corrected chi connectivity index (χ2v) is 5.38. The van der Waals surface area contributed by atoms with Gasteiger partial charge < -0.3 is 9.67 Å². The third-order valence-corrected chi connectivity index (χ3v) is 4.30. The lowest BCUT2D eigenvalue weighted by Gasteiger charge is -2.10. The molecule has 1 atom stereocenters. The number of aliphatic carboxylic acids is 1. The maximum absolute atomic E-state index is 11.0. The first kappa shape index (κ1) is 12.4. The molecule has 0 aliphatic carbocycles. The van der Waals surface area contributed by atoms with Crippen LogP contribution < -0.4 is 0 Å². The smallest absolute Gasteiger partial charge is 0.317 e. The largest absolute Gasteiger partial charge is 0.480 e. The fourth-order valence-corrected chi connectivity index (χ4v) is 2.91. The summed E-state index contributed by atoms with van der Waals surface area (Å²) in [5, 5.41) is 17.7. The van der Waals surface area contributed by atoms with E-state index in [1.54, 1.807) is 0 Å². The predicted molar refractivity (Wildman–Crippen MR) is 65.1 cm³/mol. The highest BCUT2D eigenvalue weighted by Crippen LogP contribution is 2.26. The van der Waals surface area contributed by atoms with Gasteiger partial charge in [0.25, 0.3) is 0 Å². The molecule has 1 N–H and O–H groups in total. The molecule has 0 spiro atoms. The Morgan fingerprint density at radius 2 is 2.29 bits per heavy atom. The highest BCUT2D eigenvalue weighted by Gasteiger charge is 2.22. The van der Waals surface area contributed by atoms with E-state index >= 15 is 0 Å². The number of fused-ring (bicyclic) bond motifs is 1. The van der Waals surface area contributed by atoms with Crippen LogP contribution in [0.2, 0.25) is 0 Å². The normalized spacial score (nSPS) is 17.2. The van der Waals surface area contributed by atoms with Crippen molar-refractivity contribution in [3.05, 3.63) is 5.82 Å². The van der Waals surface area contributed by atoms with Crippen molar-refractivity contribution in [2.45, 2.75) is 56.0 Å². The lowest BCUT2D eigenvalue weighted by Crippen LogP contribution is -2.16. The van der Waals surface area contributed by atoms with Crippen molar-refractivity contribution >= 4 is 17.7 Å². The van der Waals surface area contributed by atoms with E-state index in [-0.39, 0.29) is 0 Å². The van der Waals surface area contributed by atoms with Gasteiger partial charge in [0, 0.05) is 13.0 Å². The lowest BCUT2D eigenvalue weighted by atomic mass is 10.2. The van der Waals surface area contributed by atoms with Gasteiger partial charge in [-0.15, -0.1) is 10.2 Å². The molecule has 0 bridgehead atoms. The first-order valence-electron chi connectivity index (χ1n) is 6.04. The van der Waals surface area contributed by atoms with Crippen molar-refractivity contribution in [3.8, 4) is 0 Å². The monoisotopic (exact) mass is 255 g/mol. The minimum Gasteiger partial charge on any atom is -0.480 e. The summed E-state index contributed by atoms with van der Waals surface area (Å²) in [6.45, 7) is 2.80. The second-order valence-electron chi connectivity index (χ2n) is 4.21. The van der Waals surface area contributed by atoms with E-state index in [0.29, 0.717) is 6.42 Å². The zero-order chi connectivity index (χ0) is 12.3. The number of carbonyl (C=O) groups is 1. The van der Waals surface area contributed by atoms with Crippen LogP contribution in [-0.2, 0) is 17.8 Å². The molecule has 2 heterocycles. The molecule has 0 saturated carbocycles. The molecule has 5 nitrogen and oxygen atoms in total. The fourth-order valence-electron chi connectivity index (χ4n) is 1.98. The molecule has 0 fully saturated rings. The summed E-state index contributed by atoms with van der Waals surface area (Å²) < 4.78 is 2.09. The molecular weight excluding hydrogens is 238 g/mol. The molecule has 1 aromatic heterocycles. The molecule has 0 radical (unpaired) electrons. The summed E-state index contributed by atoms with van der Waals surface area (Å²) in [5.74, 6) is 0.230. The van der Waals surface area contributed by atoms with E-state index in [0.717, 1.165) is 36.8 Å². The van der Waals surface area contributed by atoms with Gasteiger partial charge in [0.05, 0.1) is 0 Å². The van der Waals surface area contributed by atoms with Crippen molar-refractivity contribution in [2.24, 2.45) is 0 Å². The van der Waals surface area contributed by atoms with E-state index in [1.165, 1.54) is 18.2 Å². The Hall–Kier alpha value is -1.04. The van der Waals surface area contributed by atoms with Crippen molar-refractivity contribution in [1.82, 2.24) is 14.8 Å². The number of hydrogen-bond donors (Lipinski definition) is 1. The summed E-state index contributed by atoms with van der Waals surface area (Å²) in [5.41, 5.74) is 0. The second kappa shape index (κ2) is 5.53. The van der Waals surface area contributed by atoms with Gasteiger partial charge in [-0.1, -0.05) is 25.1 Å². The van der Waals surface area contributed by atoms with Crippen LogP contribution in [0, 0.1) is 0 Å². The van der Waals surface area contributed by atoms with E-state index in [9.17, 15) is 4.79 Å². The minimum atomic E-state index is -0.775. The number of nitrogens with zero attached hydrogens (tertiary/aromatic N) is 3. The average Bonchev–Trinajstić information content (AvgIpc) is 2.54. The first-order valence-corrected chi connectivity index (χ1v) is 6.92. The van der Waals surface area contributed by atoms with Gasteiger partial charge in [0.2, 0.25) is 0 Å². The minimum absolute atomic E-state index is 0.424. The van der Waals surface area contributed by atoms with Gasteiger partial charge in [-0.25, -0.2) is 0 Å². The van der Waals surface area contributed by atoms with E-state index in [4.69, 9.17) is 5.11 Å². The fraction of sp³-hybridized carbons (Fsp3) is 0.727. The van der Waals surface area contributed by atoms with Gasteiger partial charge in [-0.05, 0) is 19.3 Å². The van der Waals surface area contributed by atoms with Crippen molar-refractivity contribution in [2.75, 3.05) is 0 Å². The van der Waals surface area contributed by atoms with Crippen LogP contribution >= 0.6 is 11.8 Å². The molecule has 2 rings (SSSR count). The van der Waals surface area contributed by atoms with Crippen molar-refractivity contribution < 1.29 is 9.90 Å². The Morgan fingerprint density at radius 1 is 1.47 bits per heavy atom. The SMILES string of the molecule is CCC(Sc1nnc2n1CCCCC2)C(=O)O. The lowest BCUT2D eigenvalue weighted by molar-refractivity contribution is -0.136. The number of rotatable bonds is 4. The highest BCUT2D eigenvalue weighted by molar-refractivity contribution is 8.00. The third-order valence-electron chi connectivity index (χ3n) is 2.97. The third kappa shape index (κ3) is 2.80. The van der Waals surface area contributed by atoms with Gasteiger partial charge in [0.15, 0.2) is 5.16 Å². The number of thioether (sulfide) groups is 1. The van der Waals surface area contributed by atoms with Crippen LogP contribution in [0.1, 0.15) is 38.4 Å². The summed E-state index contributed by atoms with van der Waals surface area (Å²) >= 11 is 1.32. The molecule has 94 valence electrons. The Balaban J connectivity index is 2.16. The zero-order valence-electron chi connectivity index (χ0n) is 9.93. The average molecular weight is 255 g/mol. The Morgan fingerprint density at radius 3 is 3.00 bits per heavy atom. The summed E-state index contributed by atoms with van der Waals surface area (Å²) in [7, 11) is 0. The van der Waals surface area contributed by atoms with E-state index in [2.05, 4.69) is 14.8 Å². The Bertz CT molecular complexity index is 405. The van der Waals surface area contributed by atoms with Gasteiger partial charge in [-0.3, -0.25) is 4.79 Å². The van der Waals surface area contributed by atoms with Crippen LogP contribution in [0.3, 0.4) is 0 Å². The van der Waals surface area contributed by atoms with Crippen LogP contribution in [0.15, 0.2) is 5.16 Å². The number of carboxylic acid groups (broad SMARTS) is 1. The maximum Gasteiger partial charge on any atom is 0.317 e. The van der Waals surface area contributed by atoms with Crippen LogP contribution in [0.4, 0.5) is 0 Å². The number of aromatic nitrogens is 3. The van der Waals surface area contributed by atoms with Gasteiger partial charge in [0.1, 0.15) is 11.1 Å². The summed E-state index contributed by atoms with van der Waals surface area (Å²) in [6.07, 6.45) is 5.05. The Labute approximate surface area is 105 Å². The van der Waals surface area contributed by atoms with Crippen molar-refractivity contribution in [1.29, 1.82) is 0 Å². The summed E-state index contributed by atoms with van der Waals surface area (Å²) in [4.78, 5) is 11.0. The number of hydrogen-bond acceptors (Lipinski definition) is 4. The topological polar surface area (TPSA) is 68.0 Å². The quantitative estimate of drug-likeness (QED) is 0.833. The molecule has 17 heavy (non-hydrogen) atoms. The molecule has 1 unspecified atom stereocenters. The highest BCUT2D eigenvalue weighted by atomic mass is 32.2. The number of carboxylic acids is 1. The molecule has 0 amide bonds. The molecule has 6 heteroatoms. The maximum atomic E-state index is 11.0. The van der Waals surface area contributed by atoms with Crippen LogP contribution in [0.25, 0.3) is 0 Å². The molecule has 0 saturated heterocycles. The van der Waals surface area contributed by atoms with Gasteiger partial charge >= 0.3 is 5.97 Å². The predicted octanol–water partition coefficient (Wildman–Crippen LogP) is 1.96. The standard InChI is InChI=1S/C11H17N3O2S/c1-2-8(10(15)16)17-11-13-12-9-6-4-3-5-7-14(9)11/h8H,2-7H2,1H3,(H,15,16).